The van der Waals surface area contributed by atoms with Crippen LogP contribution in [-0.2, 0) is 6.42 Å². The molecule has 0 aliphatic carbocycles. The Morgan fingerprint density at radius 3 is 2.14 bits per heavy atom. The van der Waals surface area contributed by atoms with Crippen molar-refractivity contribution in [2.75, 3.05) is 20.1 Å². The third-order valence-corrected chi connectivity index (χ3v) is 5.16. The molecule has 0 aromatic heterocycles. The van der Waals surface area contributed by atoms with Crippen LogP contribution in [0.25, 0.3) is 0 Å². The fraction of sp³-hybridized carbons (Fsp3) is 0.684. The molecule has 0 saturated carbocycles. The minimum Gasteiger partial charge on any atom is -0.314 e. The quantitative estimate of drug-likeness (QED) is 0.880. The van der Waals surface area contributed by atoms with E-state index in [4.69, 9.17) is 0 Å². The molecule has 1 aliphatic heterocycles. The van der Waals surface area contributed by atoms with E-state index in [1.165, 1.54) is 43.5 Å². The van der Waals surface area contributed by atoms with Crippen molar-refractivity contribution in [3.8, 4) is 0 Å². The van der Waals surface area contributed by atoms with E-state index in [0.29, 0.717) is 11.6 Å². The van der Waals surface area contributed by atoms with Crippen molar-refractivity contribution in [3.63, 3.8) is 0 Å². The van der Waals surface area contributed by atoms with E-state index < -0.39 is 0 Å². The van der Waals surface area contributed by atoms with E-state index in [-0.39, 0.29) is 0 Å². The first-order valence-corrected chi connectivity index (χ1v) is 8.45. The number of hydrogen-bond donors (Lipinski definition) is 1. The molecular weight excluding hydrogens is 256 g/mol. The summed E-state index contributed by atoms with van der Waals surface area (Å²) in [7, 11) is 2.09. The summed E-state index contributed by atoms with van der Waals surface area (Å²) in [6, 6.07) is 9.81. The third-order valence-electron chi connectivity index (χ3n) is 5.16. The second-order valence-corrected chi connectivity index (χ2v) is 7.36. The molecule has 0 amide bonds. The van der Waals surface area contributed by atoms with E-state index in [1.807, 2.05) is 0 Å². The van der Waals surface area contributed by atoms with Gasteiger partial charge in [-0.3, -0.25) is 4.90 Å². The molecule has 1 atom stereocenters. The van der Waals surface area contributed by atoms with Crippen LogP contribution >= 0.6 is 0 Å². The minimum absolute atomic E-state index is 0.331. The van der Waals surface area contributed by atoms with Gasteiger partial charge in [0.05, 0.1) is 0 Å². The number of likely N-dealkylation sites (tertiary alicyclic amines) is 1. The maximum absolute atomic E-state index is 3.48. The first kappa shape index (κ1) is 16.5. The second-order valence-electron chi connectivity index (χ2n) is 7.36. The normalized spacial score (nSPS) is 20.7. The van der Waals surface area contributed by atoms with Crippen LogP contribution < -0.4 is 5.32 Å². The first-order chi connectivity index (χ1) is 9.93. The molecule has 2 nitrogen and oxygen atoms in total. The third kappa shape index (κ3) is 4.31. The molecule has 1 heterocycles. The van der Waals surface area contributed by atoms with Gasteiger partial charge in [-0.25, -0.2) is 0 Å². The highest BCUT2D eigenvalue weighted by atomic mass is 15.2. The van der Waals surface area contributed by atoms with E-state index in [9.17, 15) is 0 Å². The highest BCUT2D eigenvalue weighted by Gasteiger charge is 2.30. The molecule has 21 heavy (non-hydrogen) atoms. The SMILES string of the molecule is CNC1(C)CCN(C(C)c2ccc(CC(C)C)cc2)CC1. The smallest absolute Gasteiger partial charge is 0.0319 e. The standard InChI is InChI=1S/C19H32N2/c1-15(2)14-17-6-8-18(9-7-17)16(3)21-12-10-19(4,20-5)11-13-21/h6-9,15-16,20H,10-14H2,1-5H3. The zero-order valence-electron chi connectivity index (χ0n) is 14.4. The van der Waals surface area contributed by atoms with Gasteiger partial charge in [-0.1, -0.05) is 38.1 Å². The lowest BCUT2D eigenvalue weighted by molar-refractivity contribution is 0.117. The highest BCUT2D eigenvalue weighted by molar-refractivity contribution is 5.25. The van der Waals surface area contributed by atoms with Crippen LogP contribution in [0.4, 0.5) is 0 Å². The molecule has 1 aliphatic rings. The molecule has 1 aromatic rings. The van der Waals surface area contributed by atoms with Gasteiger partial charge < -0.3 is 5.32 Å². The van der Waals surface area contributed by atoms with Crippen LogP contribution in [-0.4, -0.2) is 30.6 Å². The molecule has 1 unspecified atom stereocenters. The minimum atomic E-state index is 0.331. The monoisotopic (exact) mass is 288 g/mol. The van der Waals surface area contributed by atoms with E-state index in [0.717, 1.165) is 5.92 Å². The van der Waals surface area contributed by atoms with E-state index in [2.05, 4.69) is 69.2 Å². The largest absolute Gasteiger partial charge is 0.314 e. The van der Waals surface area contributed by atoms with Crippen LogP contribution in [0.2, 0.25) is 0 Å². The Labute approximate surface area is 130 Å². The number of piperidine rings is 1. The first-order valence-electron chi connectivity index (χ1n) is 8.45. The number of nitrogens with zero attached hydrogens (tertiary/aromatic N) is 1. The van der Waals surface area contributed by atoms with Gasteiger partial charge in [0.15, 0.2) is 0 Å². The molecule has 2 rings (SSSR count). The summed E-state index contributed by atoms with van der Waals surface area (Å²) in [6.07, 6.45) is 3.65. The number of rotatable bonds is 5. The van der Waals surface area contributed by atoms with Crippen LogP contribution in [0.15, 0.2) is 24.3 Å². The Morgan fingerprint density at radius 1 is 1.10 bits per heavy atom. The van der Waals surface area contributed by atoms with Gasteiger partial charge >= 0.3 is 0 Å². The lowest BCUT2D eigenvalue weighted by Gasteiger charge is -2.42. The van der Waals surface area contributed by atoms with Gasteiger partial charge in [-0.15, -0.1) is 0 Å². The predicted octanol–water partition coefficient (Wildman–Crippen LogP) is 4.02. The molecular formula is C19H32N2. The van der Waals surface area contributed by atoms with Crippen LogP contribution in [0.1, 0.15) is 57.7 Å². The molecule has 2 heteroatoms. The van der Waals surface area contributed by atoms with Crippen LogP contribution in [0, 0.1) is 5.92 Å². The van der Waals surface area contributed by atoms with Gasteiger partial charge in [0.1, 0.15) is 0 Å². The average molecular weight is 288 g/mol. The molecule has 118 valence electrons. The van der Waals surface area contributed by atoms with Gasteiger partial charge in [-0.2, -0.15) is 0 Å². The summed E-state index contributed by atoms with van der Waals surface area (Å²) in [5.41, 5.74) is 3.25. The molecule has 1 fully saturated rings. The van der Waals surface area contributed by atoms with Gasteiger partial charge in [0.25, 0.3) is 0 Å². The van der Waals surface area contributed by atoms with Crippen molar-refractivity contribution >= 4 is 0 Å². The summed E-state index contributed by atoms with van der Waals surface area (Å²) >= 11 is 0. The highest BCUT2D eigenvalue weighted by Crippen LogP contribution is 2.28. The Balaban J connectivity index is 1.96. The molecule has 0 bridgehead atoms. The van der Waals surface area contributed by atoms with Crippen molar-refractivity contribution in [1.82, 2.24) is 10.2 Å². The Hall–Kier alpha value is -0.860. The Morgan fingerprint density at radius 2 is 1.67 bits per heavy atom. The van der Waals surface area contributed by atoms with Crippen molar-refractivity contribution in [1.29, 1.82) is 0 Å². The molecule has 1 aromatic carbocycles. The zero-order chi connectivity index (χ0) is 15.5. The van der Waals surface area contributed by atoms with Gasteiger partial charge in [0, 0.05) is 24.7 Å². The maximum atomic E-state index is 3.48. The lowest BCUT2D eigenvalue weighted by atomic mass is 9.88. The number of benzene rings is 1. The Bertz CT molecular complexity index is 427. The van der Waals surface area contributed by atoms with Crippen LogP contribution in [0.5, 0.6) is 0 Å². The second kappa shape index (κ2) is 6.93. The summed E-state index contributed by atoms with van der Waals surface area (Å²) in [6.45, 7) is 11.6. The van der Waals surface area contributed by atoms with Crippen LogP contribution in [0.3, 0.4) is 0 Å². The average Bonchev–Trinajstić information content (AvgIpc) is 2.47. The fourth-order valence-electron chi connectivity index (χ4n) is 3.27. The fourth-order valence-corrected chi connectivity index (χ4v) is 3.27. The molecule has 1 saturated heterocycles. The topological polar surface area (TPSA) is 15.3 Å². The Kier molecular flexibility index (Phi) is 5.45. The zero-order valence-corrected chi connectivity index (χ0v) is 14.4. The summed E-state index contributed by atoms with van der Waals surface area (Å²) < 4.78 is 0. The maximum Gasteiger partial charge on any atom is 0.0319 e. The molecule has 1 N–H and O–H groups in total. The van der Waals surface area contributed by atoms with Crippen molar-refractivity contribution in [2.24, 2.45) is 5.92 Å². The predicted molar refractivity (Wildman–Crippen MR) is 91.7 cm³/mol. The van der Waals surface area contributed by atoms with Crippen molar-refractivity contribution < 1.29 is 0 Å². The van der Waals surface area contributed by atoms with Gasteiger partial charge in [-0.05, 0) is 57.2 Å². The summed E-state index contributed by atoms with van der Waals surface area (Å²) in [5, 5.41) is 3.48. The van der Waals surface area contributed by atoms with Crippen molar-refractivity contribution in [2.45, 2.75) is 58.5 Å². The molecule has 0 spiro atoms. The number of hydrogen-bond acceptors (Lipinski definition) is 2. The van der Waals surface area contributed by atoms with E-state index >= 15 is 0 Å². The summed E-state index contributed by atoms with van der Waals surface area (Å²) in [5.74, 6) is 0.731. The van der Waals surface area contributed by atoms with Gasteiger partial charge in [0.2, 0.25) is 0 Å². The lowest BCUT2D eigenvalue weighted by Crippen LogP contribution is -2.50. The summed E-state index contributed by atoms with van der Waals surface area (Å²) in [4.78, 5) is 2.62. The number of nitrogens with one attached hydrogen (secondary N) is 1. The molecule has 0 radical (unpaired) electrons. The van der Waals surface area contributed by atoms with E-state index in [1.54, 1.807) is 0 Å². The van der Waals surface area contributed by atoms with Crippen molar-refractivity contribution in [3.05, 3.63) is 35.4 Å².